The zero-order chi connectivity index (χ0) is 13.1. The van der Waals surface area contributed by atoms with Crippen LogP contribution in [-0.4, -0.2) is 22.3 Å². The molecule has 0 aliphatic carbocycles. The summed E-state index contributed by atoms with van der Waals surface area (Å²) in [5.41, 5.74) is 0.625. The lowest BCUT2D eigenvalue weighted by atomic mass is 10.1. The summed E-state index contributed by atoms with van der Waals surface area (Å²) >= 11 is 6.01. The molecule has 1 fully saturated rings. The van der Waals surface area contributed by atoms with Crippen LogP contribution in [0.25, 0.3) is 0 Å². The van der Waals surface area contributed by atoms with Crippen LogP contribution in [0, 0.1) is 10.1 Å². The molecule has 0 saturated carbocycles. The van der Waals surface area contributed by atoms with Crippen LogP contribution in [0.3, 0.4) is 0 Å². The lowest BCUT2D eigenvalue weighted by Crippen LogP contribution is -2.34. The Morgan fingerprint density at radius 3 is 2.83 bits per heavy atom. The number of carbonyl (C=O) groups excluding carboxylic acids is 1. The van der Waals surface area contributed by atoms with Crippen molar-refractivity contribution in [2.75, 3.05) is 6.54 Å². The van der Waals surface area contributed by atoms with E-state index >= 15 is 0 Å². The van der Waals surface area contributed by atoms with Crippen LogP contribution in [0.4, 0.5) is 5.69 Å². The topological polar surface area (TPSA) is 63.5 Å². The monoisotopic (exact) mass is 268 g/mol. The van der Waals surface area contributed by atoms with Crippen molar-refractivity contribution in [2.45, 2.75) is 25.8 Å². The summed E-state index contributed by atoms with van der Waals surface area (Å²) in [6.07, 6.45) is 2.43. The van der Waals surface area contributed by atoms with E-state index in [1.54, 1.807) is 4.90 Å². The number of non-ortho nitro benzene ring substituents is 1. The van der Waals surface area contributed by atoms with Crippen LogP contribution < -0.4 is 0 Å². The molecule has 6 heteroatoms. The summed E-state index contributed by atoms with van der Waals surface area (Å²) in [6.45, 7) is 1.04. The zero-order valence-corrected chi connectivity index (χ0v) is 10.5. The van der Waals surface area contributed by atoms with Gasteiger partial charge in [0.05, 0.1) is 4.92 Å². The second kappa shape index (κ2) is 5.35. The summed E-state index contributed by atoms with van der Waals surface area (Å²) in [5, 5.41) is 11.2. The van der Waals surface area contributed by atoms with Gasteiger partial charge in [-0.1, -0.05) is 11.6 Å². The second-order valence-corrected chi connectivity index (χ2v) is 4.71. The van der Waals surface area contributed by atoms with Gasteiger partial charge in [-0.25, -0.2) is 0 Å². The van der Waals surface area contributed by atoms with Crippen LogP contribution in [0.1, 0.15) is 24.8 Å². The number of likely N-dealkylation sites (tertiary alicyclic amines) is 1. The third kappa shape index (κ3) is 2.79. The number of nitrogens with zero attached hydrogens (tertiary/aromatic N) is 2. The fraction of sp³-hybridized carbons (Fsp3) is 0.417. The van der Waals surface area contributed by atoms with Crippen molar-refractivity contribution in [1.29, 1.82) is 0 Å². The number of benzene rings is 1. The van der Waals surface area contributed by atoms with Crippen LogP contribution in [0.15, 0.2) is 18.2 Å². The molecule has 1 aromatic rings. The molecule has 1 amide bonds. The summed E-state index contributed by atoms with van der Waals surface area (Å²) in [5.74, 6) is 0.0869. The fourth-order valence-electron chi connectivity index (χ4n) is 2.03. The van der Waals surface area contributed by atoms with Crippen LogP contribution in [-0.2, 0) is 11.3 Å². The molecule has 18 heavy (non-hydrogen) atoms. The number of hydrogen-bond acceptors (Lipinski definition) is 3. The van der Waals surface area contributed by atoms with Crippen molar-refractivity contribution in [3.05, 3.63) is 38.9 Å². The molecule has 1 heterocycles. The Morgan fingerprint density at radius 1 is 1.39 bits per heavy atom. The Kier molecular flexibility index (Phi) is 3.81. The average Bonchev–Trinajstić information content (AvgIpc) is 2.34. The van der Waals surface area contributed by atoms with Gasteiger partial charge in [0.1, 0.15) is 0 Å². The van der Waals surface area contributed by atoms with Crippen molar-refractivity contribution in [3.8, 4) is 0 Å². The molecular weight excluding hydrogens is 256 g/mol. The molecule has 0 atom stereocenters. The molecule has 1 aliphatic rings. The van der Waals surface area contributed by atoms with E-state index in [1.165, 1.54) is 18.2 Å². The molecule has 0 radical (unpaired) electrons. The quantitative estimate of drug-likeness (QED) is 0.625. The number of nitro groups is 1. The van der Waals surface area contributed by atoms with E-state index in [9.17, 15) is 14.9 Å². The minimum absolute atomic E-state index is 0.00106. The third-order valence-electron chi connectivity index (χ3n) is 3.02. The molecule has 1 aliphatic heterocycles. The van der Waals surface area contributed by atoms with Crippen LogP contribution in [0.2, 0.25) is 5.02 Å². The number of carbonyl (C=O) groups is 1. The van der Waals surface area contributed by atoms with Crippen molar-refractivity contribution in [1.82, 2.24) is 4.90 Å². The first-order valence-electron chi connectivity index (χ1n) is 5.78. The van der Waals surface area contributed by atoms with E-state index in [0.29, 0.717) is 30.1 Å². The van der Waals surface area contributed by atoms with Gasteiger partial charge in [-0.2, -0.15) is 0 Å². The van der Waals surface area contributed by atoms with E-state index in [0.717, 1.165) is 12.8 Å². The first-order chi connectivity index (χ1) is 8.58. The number of nitro benzene ring substituents is 1. The van der Waals surface area contributed by atoms with Gasteiger partial charge in [0.15, 0.2) is 0 Å². The molecule has 0 N–H and O–H groups in total. The highest BCUT2D eigenvalue weighted by Crippen LogP contribution is 2.24. The zero-order valence-electron chi connectivity index (χ0n) is 9.76. The number of halogens is 1. The predicted octanol–water partition coefficient (Wildman–Crippen LogP) is 2.76. The molecule has 0 unspecified atom stereocenters. The fourth-order valence-corrected chi connectivity index (χ4v) is 2.21. The number of amides is 1. The maximum atomic E-state index is 11.7. The Balaban J connectivity index is 2.19. The number of rotatable bonds is 3. The highest BCUT2D eigenvalue weighted by atomic mass is 35.5. The van der Waals surface area contributed by atoms with Gasteiger partial charge >= 0.3 is 0 Å². The van der Waals surface area contributed by atoms with E-state index in [-0.39, 0.29) is 11.6 Å². The van der Waals surface area contributed by atoms with Gasteiger partial charge in [0, 0.05) is 36.7 Å². The number of piperidine rings is 1. The molecule has 1 saturated heterocycles. The minimum atomic E-state index is -0.460. The van der Waals surface area contributed by atoms with Crippen LogP contribution >= 0.6 is 11.6 Å². The second-order valence-electron chi connectivity index (χ2n) is 4.31. The van der Waals surface area contributed by atoms with Crippen LogP contribution in [0.5, 0.6) is 0 Å². The molecule has 0 bridgehead atoms. The molecule has 1 aromatic carbocycles. The van der Waals surface area contributed by atoms with E-state index in [1.807, 2.05) is 0 Å². The first kappa shape index (κ1) is 12.8. The summed E-state index contributed by atoms with van der Waals surface area (Å²) < 4.78 is 0. The summed E-state index contributed by atoms with van der Waals surface area (Å²) in [7, 11) is 0. The maximum Gasteiger partial charge on any atom is 0.269 e. The largest absolute Gasteiger partial charge is 0.338 e. The third-order valence-corrected chi connectivity index (χ3v) is 3.39. The van der Waals surface area contributed by atoms with E-state index in [4.69, 9.17) is 11.6 Å². The first-order valence-corrected chi connectivity index (χ1v) is 6.16. The Labute approximate surface area is 109 Å². The lowest BCUT2D eigenvalue weighted by Gasteiger charge is -2.27. The van der Waals surface area contributed by atoms with Gasteiger partial charge in [0.25, 0.3) is 5.69 Å². The normalized spacial score (nSPS) is 15.8. The molecule has 2 rings (SSSR count). The molecule has 96 valence electrons. The highest BCUT2D eigenvalue weighted by Gasteiger charge is 2.20. The van der Waals surface area contributed by atoms with Crippen molar-refractivity contribution >= 4 is 23.2 Å². The summed E-state index contributed by atoms with van der Waals surface area (Å²) in [4.78, 5) is 23.6. The highest BCUT2D eigenvalue weighted by molar-refractivity contribution is 6.31. The van der Waals surface area contributed by atoms with E-state index < -0.39 is 4.92 Å². The average molecular weight is 269 g/mol. The van der Waals surface area contributed by atoms with Gasteiger partial charge < -0.3 is 4.90 Å². The Bertz CT molecular complexity index is 490. The SMILES string of the molecule is O=C1CCCCN1Cc1cc([N+](=O)[O-])ccc1Cl. The molecular formula is C12H13ClN2O3. The van der Waals surface area contributed by atoms with Gasteiger partial charge in [-0.15, -0.1) is 0 Å². The van der Waals surface area contributed by atoms with Gasteiger partial charge in [0.2, 0.25) is 5.91 Å². The van der Waals surface area contributed by atoms with Gasteiger partial charge in [-0.05, 0) is 24.5 Å². The van der Waals surface area contributed by atoms with E-state index in [2.05, 4.69) is 0 Å². The standard InChI is InChI=1S/C12H13ClN2O3/c13-11-5-4-10(15(17)18)7-9(11)8-14-6-2-1-3-12(14)16/h4-5,7H,1-3,6,8H2. The smallest absolute Gasteiger partial charge is 0.269 e. The maximum absolute atomic E-state index is 11.7. The Hall–Kier alpha value is -1.62. The van der Waals surface area contributed by atoms with Crippen molar-refractivity contribution in [3.63, 3.8) is 0 Å². The van der Waals surface area contributed by atoms with Gasteiger partial charge in [-0.3, -0.25) is 14.9 Å². The predicted molar refractivity (Wildman–Crippen MR) is 67.4 cm³/mol. The van der Waals surface area contributed by atoms with Crippen molar-refractivity contribution in [2.24, 2.45) is 0 Å². The molecule has 0 spiro atoms. The molecule has 0 aromatic heterocycles. The summed E-state index contributed by atoms with van der Waals surface area (Å²) in [6, 6.07) is 4.30. The number of hydrogen-bond donors (Lipinski definition) is 0. The lowest BCUT2D eigenvalue weighted by molar-refractivity contribution is -0.384. The molecule has 5 nitrogen and oxygen atoms in total. The minimum Gasteiger partial charge on any atom is -0.338 e. The Morgan fingerprint density at radius 2 is 2.17 bits per heavy atom. The van der Waals surface area contributed by atoms with Crippen molar-refractivity contribution < 1.29 is 9.72 Å².